The quantitative estimate of drug-likeness (QED) is 0.814. The van der Waals surface area contributed by atoms with Crippen molar-refractivity contribution < 1.29 is 0 Å². The van der Waals surface area contributed by atoms with Gasteiger partial charge in [0.1, 0.15) is 0 Å². The molecule has 0 fully saturated rings. The first-order valence-corrected chi connectivity index (χ1v) is 5.35. The van der Waals surface area contributed by atoms with Crippen molar-refractivity contribution in [1.82, 2.24) is 10.3 Å². The Labute approximate surface area is 96.9 Å². The number of nitriles is 1. The van der Waals surface area contributed by atoms with Crippen molar-refractivity contribution in [3.8, 4) is 6.07 Å². The second-order valence-electron chi connectivity index (χ2n) is 4.04. The normalized spacial score (nSPS) is 11.9. The topological polar surface area (TPSA) is 52.0 Å². The first-order chi connectivity index (χ1) is 7.65. The van der Waals surface area contributed by atoms with Crippen molar-refractivity contribution in [1.29, 1.82) is 5.26 Å². The maximum absolute atomic E-state index is 8.57. The summed E-state index contributed by atoms with van der Waals surface area (Å²) >= 11 is 0. The molecule has 0 saturated heterocycles. The van der Waals surface area contributed by atoms with Crippen molar-refractivity contribution >= 4 is 5.69 Å². The lowest BCUT2D eigenvalue weighted by atomic mass is 10.2. The van der Waals surface area contributed by atoms with Gasteiger partial charge in [0.15, 0.2) is 0 Å². The average molecular weight is 218 g/mol. The monoisotopic (exact) mass is 218 g/mol. The van der Waals surface area contributed by atoms with Crippen LogP contribution in [0, 0.1) is 11.3 Å². The SMILES string of the molecule is CC(CC#N)NCc1cnccc1N(C)C. The smallest absolute Gasteiger partial charge is 0.0638 e. The second kappa shape index (κ2) is 6.09. The van der Waals surface area contributed by atoms with Crippen molar-refractivity contribution in [2.24, 2.45) is 0 Å². The van der Waals surface area contributed by atoms with Crippen LogP contribution in [0.15, 0.2) is 18.5 Å². The van der Waals surface area contributed by atoms with E-state index in [1.54, 1.807) is 6.20 Å². The molecule has 1 N–H and O–H groups in total. The minimum Gasteiger partial charge on any atom is -0.377 e. The van der Waals surface area contributed by atoms with E-state index in [2.05, 4.69) is 21.3 Å². The fourth-order valence-electron chi connectivity index (χ4n) is 1.49. The van der Waals surface area contributed by atoms with Crippen LogP contribution in [0.1, 0.15) is 18.9 Å². The van der Waals surface area contributed by atoms with Crippen LogP contribution >= 0.6 is 0 Å². The molecule has 0 aliphatic heterocycles. The van der Waals surface area contributed by atoms with Gasteiger partial charge in [-0.2, -0.15) is 5.26 Å². The van der Waals surface area contributed by atoms with E-state index in [0.29, 0.717) is 6.42 Å². The summed E-state index contributed by atoms with van der Waals surface area (Å²) in [4.78, 5) is 6.18. The van der Waals surface area contributed by atoms with Gasteiger partial charge < -0.3 is 10.2 Å². The molecule has 4 heteroatoms. The van der Waals surface area contributed by atoms with E-state index in [-0.39, 0.29) is 6.04 Å². The number of hydrogen-bond acceptors (Lipinski definition) is 4. The number of rotatable bonds is 5. The van der Waals surface area contributed by atoms with Gasteiger partial charge in [0.05, 0.1) is 12.5 Å². The molecule has 0 spiro atoms. The van der Waals surface area contributed by atoms with Gasteiger partial charge >= 0.3 is 0 Å². The lowest BCUT2D eigenvalue weighted by Gasteiger charge is -2.18. The van der Waals surface area contributed by atoms with Crippen molar-refractivity contribution in [2.75, 3.05) is 19.0 Å². The molecule has 1 rings (SSSR count). The summed E-state index contributed by atoms with van der Waals surface area (Å²) in [6, 6.07) is 4.35. The van der Waals surface area contributed by atoms with Gasteiger partial charge in [-0.1, -0.05) is 0 Å². The van der Waals surface area contributed by atoms with E-state index < -0.39 is 0 Å². The summed E-state index contributed by atoms with van der Waals surface area (Å²) in [5.41, 5.74) is 2.31. The Kier molecular flexibility index (Phi) is 4.74. The van der Waals surface area contributed by atoms with Gasteiger partial charge in [-0.15, -0.1) is 0 Å². The Hall–Kier alpha value is -1.60. The third-order valence-electron chi connectivity index (χ3n) is 2.40. The summed E-state index contributed by atoms with van der Waals surface area (Å²) in [7, 11) is 4.02. The lowest BCUT2D eigenvalue weighted by molar-refractivity contribution is 0.556. The van der Waals surface area contributed by atoms with Crippen molar-refractivity contribution in [3.05, 3.63) is 24.0 Å². The predicted molar refractivity (Wildman–Crippen MR) is 65.1 cm³/mol. The number of pyridine rings is 1. The fourth-order valence-corrected chi connectivity index (χ4v) is 1.49. The highest BCUT2D eigenvalue weighted by molar-refractivity contribution is 5.50. The molecule has 86 valence electrons. The fraction of sp³-hybridized carbons (Fsp3) is 0.500. The number of anilines is 1. The first kappa shape index (κ1) is 12.5. The van der Waals surface area contributed by atoms with E-state index >= 15 is 0 Å². The molecule has 0 amide bonds. The van der Waals surface area contributed by atoms with E-state index in [4.69, 9.17) is 5.26 Å². The molecule has 1 aromatic rings. The predicted octanol–water partition coefficient (Wildman–Crippen LogP) is 1.54. The third-order valence-corrected chi connectivity index (χ3v) is 2.40. The molecule has 0 aromatic carbocycles. The molecular weight excluding hydrogens is 200 g/mol. The standard InChI is InChI=1S/C12H18N4/c1-10(4-6-13)15-9-11-8-14-7-5-12(11)16(2)3/h5,7-8,10,15H,4,9H2,1-3H3. The summed E-state index contributed by atoms with van der Waals surface area (Å²) in [5.74, 6) is 0. The van der Waals surface area contributed by atoms with Crippen molar-refractivity contribution in [2.45, 2.75) is 25.9 Å². The van der Waals surface area contributed by atoms with Gasteiger partial charge in [0.2, 0.25) is 0 Å². The van der Waals surface area contributed by atoms with Crippen LogP contribution in [0.25, 0.3) is 0 Å². The number of aromatic nitrogens is 1. The molecular formula is C12H18N4. The van der Waals surface area contributed by atoms with E-state index in [1.165, 1.54) is 0 Å². The van der Waals surface area contributed by atoms with Crippen LogP contribution in [-0.4, -0.2) is 25.1 Å². The molecule has 0 aliphatic rings. The molecule has 1 aromatic heterocycles. The van der Waals surface area contributed by atoms with Gasteiger partial charge in [-0.3, -0.25) is 4.98 Å². The highest BCUT2D eigenvalue weighted by atomic mass is 15.1. The molecule has 0 radical (unpaired) electrons. The zero-order valence-electron chi connectivity index (χ0n) is 10.1. The van der Waals surface area contributed by atoms with Crippen LogP contribution in [0.2, 0.25) is 0 Å². The average Bonchev–Trinajstić information content (AvgIpc) is 2.27. The molecule has 1 unspecified atom stereocenters. The van der Waals surface area contributed by atoms with Gasteiger partial charge in [-0.25, -0.2) is 0 Å². The molecule has 16 heavy (non-hydrogen) atoms. The summed E-state index contributed by atoms with van der Waals surface area (Å²) in [6.07, 6.45) is 4.18. The minimum absolute atomic E-state index is 0.209. The number of hydrogen-bond donors (Lipinski definition) is 1. The third kappa shape index (κ3) is 3.52. The summed E-state index contributed by atoms with van der Waals surface area (Å²) in [5, 5.41) is 11.9. The van der Waals surface area contributed by atoms with E-state index in [1.807, 2.05) is 33.3 Å². The Bertz CT molecular complexity index is 368. The molecule has 1 heterocycles. The van der Waals surface area contributed by atoms with E-state index in [9.17, 15) is 0 Å². The van der Waals surface area contributed by atoms with E-state index in [0.717, 1.165) is 17.8 Å². The van der Waals surface area contributed by atoms with Gasteiger partial charge in [-0.05, 0) is 13.0 Å². The zero-order valence-corrected chi connectivity index (χ0v) is 10.1. The highest BCUT2D eigenvalue weighted by Gasteiger charge is 2.06. The minimum atomic E-state index is 0.209. The Morgan fingerprint density at radius 2 is 2.31 bits per heavy atom. The number of nitrogens with zero attached hydrogens (tertiary/aromatic N) is 3. The van der Waals surface area contributed by atoms with Crippen LogP contribution in [0.3, 0.4) is 0 Å². The molecule has 1 atom stereocenters. The first-order valence-electron chi connectivity index (χ1n) is 5.35. The Morgan fingerprint density at radius 3 is 2.94 bits per heavy atom. The van der Waals surface area contributed by atoms with Crippen LogP contribution < -0.4 is 10.2 Å². The summed E-state index contributed by atoms with van der Waals surface area (Å²) < 4.78 is 0. The molecule has 0 saturated carbocycles. The molecule has 4 nitrogen and oxygen atoms in total. The molecule has 0 bridgehead atoms. The van der Waals surface area contributed by atoms with Crippen LogP contribution in [-0.2, 0) is 6.54 Å². The maximum Gasteiger partial charge on any atom is 0.0638 e. The zero-order chi connectivity index (χ0) is 12.0. The van der Waals surface area contributed by atoms with Gasteiger partial charge in [0.25, 0.3) is 0 Å². The molecule has 0 aliphatic carbocycles. The number of nitrogens with one attached hydrogen (secondary N) is 1. The van der Waals surface area contributed by atoms with Crippen LogP contribution in [0.5, 0.6) is 0 Å². The highest BCUT2D eigenvalue weighted by Crippen LogP contribution is 2.16. The van der Waals surface area contributed by atoms with Gasteiger partial charge in [0, 0.05) is 50.3 Å². The Balaban J connectivity index is 2.63. The van der Waals surface area contributed by atoms with Crippen LogP contribution in [0.4, 0.5) is 5.69 Å². The summed E-state index contributed by atoms with van der Waals surface area (Å²) in [6.45, 7) is 2.75. The lowest BCUT2D eigenvalue weighted by Crippen LogP contribution is -2.26. The second-order valence-corrected chi connectivity index (χ2v) is 4.04. The largest absolute Gasteiger partial charge is 0.377 e. The Morgan fingerprint density at radius 1 is 1.56 bits per heavy atom. The van der Waals surface area contributed by atoms with Crippen molar-refractivity contribution in [3.63, 3.8) is 0 Å². The maximum atomic E-state index is 8.57.